The number of aromatic hydroxyl groups is 1. The highest BCUT2D eigenvalue weighted by Gasteiger charge is 2.05. The molecule has 3 rings (SSSR count). The number of benzene rings is 3. The highest BCUT2D eigenvalue weighted by Crippen LogP contribution is 2.25. The maximum absolute atomic E-state index is 11.9. The predicted octanol–water partition coefficient (Wildman–Crippen LogP) is 3.08. The van der Waals surface area contributed by atoms with Crippen LogP contribution in [0.3, 0.4) is 0 Å². The number of fused-ring (bicyclic) bond motifs is 1. The number of amides is 1. The largest absolute Gasteiger partial charge is 0.507 e. The molecule has 0 fully saturated rings. The van der Waals surface area contributed by atoms with Crippen molar-refractivity contribution in [2.45, 2.75) is 0 Å². The van der Waals surface area contributed by atoms with Gasteiger partial charge >= 0.3 is 0 Å². The van der Waals surface area contributed by atoms with Crippen LogP contribution in [0, 0.1) is 0 Å². The number of nitrogens with zero attached hydrogens (tertiary/aromatic N) is 1. The number of hydrogen-bond acceptors (Lipinski definition) is 5. The van der Waals surface area contributed by atoms with E-state index in [0.29, 0.717) is 17.1 Å². The summed E-state index contributed by atoms with van der Waals surface area (Å²) in [5.74, 6) is 0.843. The standard InChI is InChI=1S/C20H18N2O4/c1-25-16-9-10-18(23)15(11-16)12-21-22-20(24)13-26-19-8-4-6-14-5-2-3-7-17(14)19/h2-12,23H,13H2,1H3,(H,22,24)/b21-12-. The van der Waals surface area contributed by atoms with Crippen molar-refractivity contribution >= 4 is 22.9 Å². The zero-order chi connectivity index (χ0) is 18.4. The van der Waals surface area contributed by atoms with E-state index in [-0.39, 0.29) is 12.4 Å². The highest BCUT2D eigenvalue weighted by molar-refractivity contribution is 5.89. The molecule has 0 aromatic heterocycles. The van der Waals surface area contributed by atoms with Gasteiger partial charge in [-0.25, -0.2) is 5.43 Å². The zero-order valence-electron chi connectivity index (χ0n) is 14.2. The summed E-state index contributed by atoms with van der Waals surface area (Å²) in [5, 5.41) is 15.6. The first-order chi connectivity index (χ1) is 12.7. The lowest BCUT2D eigenvalue weighted by molar-refractivity contribution is -0.123. The van der Waals surface area contributed by atoms with E-state index < -0.39 is 5.91 Å². The van der Waals surface area contributed by atoms with E-state index >= 15 is 0 Å². The Morgan fingerprint density at radius 2 is 1.96 bits per heavy atom. The highest BCUT2D eigenvalue weighted by atomic mass is 16.5. The number of ether oxygens (including phenoxy) is 2. The third kappa shape index (κ3) is 4.10. The van der Waals surface area contributed by atoms with Gasteiger partial charge in [0.2, 0.25) is 0 Å². The lowest BCUT2D eigenvalue weighted by Crippen LogP contribution is -2.24. The van der Waals surface area contributed by atoms with E-state index in [2.05, 4.69) is 10.5 Å². The molecule has 0 atom stereocenters. The average molecular weight is 350 g/mol. The minimum atomic E-state index is -0.406. The Hall–Kier alpha value is -3.54. The molecule has 3 aromatic carbocycles. The fourth-order valence-corrected chi connectivity index (χ4v) is 2.43. The Morgan fingerprint density at radius 3 is 2.81 bits per heavy atom. The zero-order valence-corrected chi connectivity index (χ0v) is 14.2. The van der Waals surface area contributed by atoms with Gasteiger partial charge in [-0.2, -0.15) is 5.10 Å². The number of methoxy groups -OCH3 is 1. The van der Waals surface area contributed by atoms with E-state index in [1.807, 2.05) is 42.5 Å². The van der Waals surface area contributed by atoms with Crippen LogP contribution in [0.4, 0.5) is 0 Å². The van der Waals surface area contributed by atoms with Gasteiger partial charge in [0.05, 0.1) is 13.3 Å². The summed E-state index contributed by atoms with van der Waals surface area (Å²) in [5.41, 5.74) is 2.80. The van der Waals surface area contributed by atoms with Crippen molar-refractivity contribution in [3.05, 3.63) is 66.2 Å². The molecule has 0 heterocycles. The molecule has 0 spiro atoms. The number of hydrazone groups is 1. The van der Waals surface area contributed by atoms with Gasteiger partial charge < -0.3 is 14.6 Å². The lowest BCUT2D eigenvalue weighted by Gasteiger charge is -2.08. The quantitative estimate of drug-likeness (QED) is 0.529. The van der Waals surface area contributed by atoms with Gasteiger partial charge in [0.1, 0.15) is 17.2 Å². The SMILES string of the molecule is COc1ccc(O)c(/C=N\NC(=O)COc2cccc3ccccc23)c1. The third-order valence-electron chi connectivity index (χ3n) is 3.74. The van der Waals surface area contributed by atoms with Crippen molar-refractivity contribution in [2.75, 3.05) is 13.7 Å². The third-order valence-corrected chi connectivity index (χ3v) is 3.74. The molecule has 1 amide bonds. The molecule has 0 radical (unpaired) electrons. The molecule has 0 bridgehead atoms. The second kappa shape index (κ2) is 8.02. The summed E-state index contributed by atoms with van der Waals surface area (Å²) in [4.78, 5) is 11.9. The smallest absolute Gasteiger partial charge is 0.277 e. The van der Waals surface area contributed by atoms with Crippen LogP contribution < -0.4 is 14.9 Å². The maximum atomic E-state index is 11.9. The van der Waals surface area contributed by atoms with Crippen LogP contribution in [0.5, 0.6) is 17.2 Å². The van der Waals surface area contributed by atoms with E-state index in [0.717, 1.165) is 10.8 Å². The van der Waals surface area contributed by atoms with Gasteiger partial charge in [-0.3, -0.25) is 4.79 Å². The number of hydrogen-bond donors (Lipinski definition) is 2. The molecule has 0 aliphatic heterocycles. The van der Waals surface area contributed by atoms with Gasteiger partial charge in [-0.15, -0.1) is 0 Å². The Morgan fingerprint density at radius 1 is 1.15 bits per heavy atom. The molecular weight excluding hydrogens is 332 g/mol. The number of nitrogens with one attached hydrogen (secondary N) is 1. The summed E-state index contributed by atoms with van der Waals surface area (Å²) < 4.78 is 10.7. The normalized spacial score (nSPS) is 10.8. The molecule has 0 saturated heterocycles. The van der Waals surface area contributed by atoms with Crippen LogP contribution in [0.2, 0.25) is 0 Å². The Bertz CT molecular complexity index is 948. The molecule has 0 saturated carbocycles. The van der Waals surface area contributed by atoms with E-state index in [1.165, 1.54) is 19.4 Å². The van der Waals surface area contributed by atoms with Crippen LogP contribution in [-0.4, -0.2) is 30.9 Å². The predicted molar refractivity (Wildman–Crippen MR) is 99.8 cm³/mol. The minimum Gasteiger partial charge on any atom is -0.507 e. The van der Waals surface area contributed by atoms with Crippen LogP contribution >= 0.6 is 0 Å². The Kier molecular flexibility index (Phi) is 5.34. The van der Waals surface area contributed by atoms with Crippen molar-refractivity contribution in [3.8, 4) is 17.2 Å². The fourth-order valence-electron chi connectivity index (χ4n) is 2.43. The summed E-state index contributed by atoms with van der Waals surface area (Å²) >= 11 is 0. The maximum Gasteiger partial charge on any atom is 0.277 e. The topological polar surface area (TPSA) is 80.2 Å². The molecular formula is C20H18N2O4. The molecule has 3 aromatic rings. The van der Waals surface area contributed by atoms with Crippen LogP contribution in [0.25, 0.3) is 10.8 Å². The van der Waals surface area contributed by atoms with Crippen LogP contribution in [-0.2, 0) is 4.79 Å². The second-order valence-electron chi connectivity index (χ2n) is 5.48. The minimum absolute atomic E-state index is 0.0378. The van der Waals surface area contributed by atoms with E-state index in [4.69, 9.17) is 9.47 Å². The van der Waals surface area contributed by atoms with Crippen molar-refractivity contribution in [2.24, 2.45) is 5.10 Å². The molecule has 2 N–H and O–H groups in total. The van der Waals surface area contributed by atoms with Gasteiger partial charge in [-0.05, 0) is 29.7 Å². The second-order valence-corrected chi connectivity index (χ2v) is 5.48. The van der Waals surface area contributed by atoms with Gasteiger partial charge in [-0.1, -0.05) is 36.4 Å². The van der Waals surface area contributed by atoms with E-state index in [1.54, 1.807) is 12.1 Å². The summed E-state index contributed by atoms with van der Waals surface area (Å²) in [6.45, 7) is -0.171. The first-order valence-corrected chi connectivity index (χ1v) is 7.97. The average Bonchev–Trinajstić information content (AvgIpc) is 2.67. The number of carbonyl (C=O) groups is 1. The molecule has 0 aliphatic carbocycles. The Labute approximate surface area is 150 Å². The molecule has 0 unspecified atom stereocenters. The number of phenolic OH excluding ortho intramolecular Hbond substituents is 1. The van der Waals surface area contributed by atoms with Crippen molar-refractivity contribution < 1.29 is 19.4 Å². The Balaban J connectivity index is 1.59. The van der Waals surface area contributed by atoms with Gasteiger partial charge in [0.25, 0.3) is 5.91 Å². The summed E-state index contributed by atoms with van der Waals surface area (Å²) in [6, 6.07) is 18.2. The summed E-state index contributed by atoms with van der Waals surface area (Å²) in [7, 11) is 1.53. The molecule has 0 aliphatic rings. The lowest BCUT2D eigenvalue weighted by atomic mass is 10.1. The van der Waals surface area contributed by atoms with Crippen LogP contribution in [0.1, 0.15) is 5.56 Å². The first kappa shape index (κ1) is 17.3. The molecule has 6 nitrogen and oxygen atoms in total. The number of rotatable bonds is 6. The van der Waals surface area contributed by atoms with Gasteiger partial charge in [0.15, 0.2) is 6.61 Å². The van der Waals surface area contributed by atoms with Crippen LogP contribution in [0.15, 0.2) is 65.8 Å². The first-order valence-electron chi connectivity index (χ1n) is 7.97. The monoisotopic (exact) mass is 350 g/mol. The van der Waals surface area contributed by atoms with E-state index in [9.17, 15) is 9.90 Å². The summed E-state index contributed by atoms with van der Waals surface area (Å²) in [6.07, 6.45) is 1.34. The molecule has 6 heteroatoms. The number of phenols is 1. The van der Waals surface area contributed by atoms with Crippen molar-refractivity contribution in [1.29, 1.82) is 0 Å². The molecule has 132 valence electrons. The fraction of sp³-hybridized carbons (Fsp3) is 0.100. The molecule has 26 heavy (non-hydrogen) atoms. The van der Waals surface area contributed by atoms with Crippen molar-refractivity contribution in [1.82, 2.24) is 5.43 Å². The number of carbonyl (C=O) groups excluding carboxylic acids is 1. The van der Waals surface area contributed by atoms with Crippen molar-refractivity contribution in [3.63, 3.8) is 0 Å². The van der Waals surface area contributed by atoms with Gasteiger partial charge in [0, 0.05) is 10.9 Å².